The molecule has 1 aromatic heterocycles. The number of rotatable bonds is 5. The third-order valence-electron chi connectivity index (χ3n) is 4.53. The molecule has 1 aliphatic rings. The summed E-state index contributed by atoms with van der Waals surface area (Å²) in [6.07, 6.45) is 8.58. The molecule has 2 rings (SSSR count). The van der Waals surface area contributed by atoms with E-state index >= 15 is 0 Å². The summed E-state index contributed by atoms with van der Waals surface area (Å²) in [5.74, 6) is 1.70. The first-order chi connectivity index (χ1) is 9.22. The molecule has 1 N–H and O–H groups in total. The second kappa shape index (κ2) is 7.04. The van der Waals surface area contributed by atoms with Gasteiger partial charge in [0.1, 0.15) is 0 Å². The number of nitrogens with one attached hydrogen (secondary N) is 1. The minimum absolute atomic E-state index is 0.501. The maximum atomic E-state index is 4.48. The Morgan fingerprint density at radius 1 is 1.32 bits per heavy atom. The van der Waals surface area contributed by atoms with Crippen LogP contribution in [0.15, 0.2) is 18.3 Å². The summed E-state index contributed by atoms with van der Waals surface area (Å²) in [6, 6.07) is 4.84. The second-order valence-electron chi connectivity index (χ2n) is 6.13. The van der Waals surface area contributed by atoms with E-state index in [4.69, 9.17) is 0 Å². The van der Waals surface area contributed by atoms with E-state index in [-0.39, 0.29) is 0 Å². The first-order valence-corrected chi connectivity index (χ1v) is 7.87. The van der Waals surface area contributed by atoms with Gasteiger partial charge in [-0.1, -0.05) is 32.8 Å². The lowest BCUT2D eigenvalue weighted by Crippen LogP contribution is -2.32. The summed E-state index contributed by atoms with van der Waals surface area (Å²) in [4.78, 5) is 4.48. The van der Waals surface area contributed by atoms with Crippen LogP contribution in [0, 0.1) is 18.8 Å². The van der Waals surface area contributed by atoms with Gasteiger partial charge in [0.25, 0.3) is 0 Å². The SMILES string of the molecule is CCCNC(c1cccnc1C)C1CCC(C)CC1. The zero-order chi connectivity index (χ0) is 13.7. The van der Waals surface area contributed by atoms with E-state index in [0.717, 1.165) is 18.4 Å². The Hall–Kier alpha value is -0.890. The predicted molar refractivity (Wildman–Crippen MR) is 81.1 cm³/mol. The predicted octanol–water partition coefficient (Wildman–Crippen LogP) is 4.26. The van der Waals surface area contributed by atoms with E-state index in [2.05, 4.69) is 43.2 Å². The summed E-state index contributed by atoms with van der Waals surface area (Å²) < 4.78 is 0. The lowest BCUT2D eigenvalue weighted by molar-refractivity contribution is 0.231. The molecule has 0 amide bonds. The Kier molecular flexibility index (Phi) is 5.38. The molecule has 106 valence electrons. The van der Waals surface area contributed by atoms with Gasteiger partial charge in [-0.3, -0.25) is 4.98 Å². The van der Waals surface area contributed by atoms with Gasteiger partial charge in [0.15, 0.2) is 0 Å². The van der Waals surface area contributed by atoms with Gasteiger partial charge in [-0.2, -0.15) is 0 Å². The molecule has 2 heteroatoms. The van der Waals surface area contributed by atoms with Gasteiger partial charge in [0.2, 0.25) is 0 Å². The van der Waals surface area contributed by atoms with E-state index in [9.17, 15) is 0 Å². The van der Waals surface area contributed by atoms with E-state index in [0.29, 0.717) is 6.04 Å². The van der Waals surface area contributed by atoms with Crippen molar-refractivity contribution in [1.29, 1.82) is 0 Å². The third-order valence-corrected chi connectivity index (χ3v) is 4.53. The van der Waals surface area contributed by atoms with Crippen molar-refractivity contribution in [2.45, 2.75) is 58.9 Å². The molecule has 1 saturated carbocycles. The van der Waals surface area contributed by atoms with Crippen LogP contribution < -0.4 is 5.32 Å². The molecule has 1 aliphatic carbocycles. The molecule has 1 aromatic rings. The van der Waals surface area contributed by atoms with Crippen LogP contribution in [0.4, 0.5) is 0 Å². The highest BCUT2D eigenvalue weighted by Gasteiger charge is 2.27. The fourth-order valence-electron chi connectivity index (χ4n) is 3.27. The lowest BCUT2D eigenvalue weighted by Gasteiger charge is -2.34. The van der Waals surface area contributed by atoms with Gasteiger partial charge in [-0.05, 0) is 56.2 Å². The summed E-state index contributed by atoms with van der Waals surface area (Å²) in [5, 5.41) is 3.77. The van der Waals surface area contributed by atoms with Crippen molar-refractivity contribution < 1.29 is 0 Å². The normalized spacial score (nSPS) is 25.2. The molecule has 1 unspecified atom stereocenters. The van der Waals surface area contributed by atoms with Crippen LogP contribution >= 0.6 is 0 Å². The highest BCUT2D eigenvalue weighted by molar-refractivity contribution is 5.23. The Labute approximate surface area is 118 Å². The molecular weight excluding hydrogens is 232 g/mol. The highest BCUT2D eigenvalue weighted by Crippen LogP contribution is 2.37. The van der Waals surface area contributed by atoms with Crippen molar-refractivity contribution in [1.82, 2.24) is 10.3 Å². The Morgan fingerprint density at radius 3 is 2.68 bits per heavy atom. The lowest BCUT2D eigenvalue weighted by atomic mass is 9.77. The van der Waals surface area contributed by atoms with Gasteiger partial charge in [-0.15, -0.1) is 0 Å². The molecule has 0 aromatic carbocycles. The van der Waals surface area contributed by atoms with Crippen molar-refractivity contribution in [2.24, 2.45) is 11.8 Å². The highest BCUT2D eigenvalue weighted by atomic mass is 14.9. The molecular formula is C17H28N2. The quantitative estimate of drug-likeness (QED) is 0.855. The van der Waals surface area contributed by atoms with Crippen molar-refractivity contribution in [3.8, 4) is 0 Å². The van der Waals surface area contributed by atoms with E-state index in [1.54, 1.807) is 0 Å². The minimum Gasteiger partial charge on any atom is -0.310 e. The van der Waals surface area contributed by atoms with Gasteiger partial charge in [0, 0.05) is 17.9 Å². The molecule has 1 fully saturated rings. The first-order valence-electron chi connectivity index (χ1n) is 7.87. The number of hydrogen-bond donors (Lipinski definition) is 1. The number of pyridine rings is 1. The monoisotopic (exact) mass is 260 g/mol. The standard InChI is InChI=1S/C17H28N2/c1-4-11-19-17(15-9-7-13(2)8-10-15)16-6-5-12-18-14(16)3/h5-6,12-13,15,17,19H,4,7-11H2,1-3H3. The molecule has 1 atom stereocenters. The first kappa shape index (κ1) is 14.5. The average Bonchev–Trinajstić information content (AvgIpc) is 2.43. The molecule has 0 radical (unpaired) electrons. The van der Waals surface area contributed by atoms with E-state index < -0.39 is 0 Å². The van der Waals surface area contributed by atoms with Crippen LogP contribution in [0.1, 0.15) is 63.3 Å². The fourth-order valence-corrected chi connectivity index (χ4v) is 3.27. The number of hydrogen-bond acceptors (Lipinski definition) is 2. The summed E-state index contributed by atoms with van der Waals surface area (Å²) in [7, 11) is 0. The number of nitrogens with zero attached hydrogens (tertiary/aromatic N) is 1. The van der Waals surface area contributed by atoms with Crippen molar-refractivity contribution >= 4 is 0 Å². The van der Waals surface area contributed by atoms with Crippen molar-refractivity contribution in [3.05, 3.63) is 29.6 Å². The van der Waals surface area contributed by atoms with Crippen molar-refractivity contribution in [2.75, 3.05) is 6.54 Å². The topological polar surface area (TPSA) is 24.9 Å². The van der Waals surface area contributed by atoms with Crippen LogP contribution in [0.2, 0.25) is 0 Å². The van der Waals surface area contributed by atoms with Crippen LogP contribution in [-0.2, 0) is 0 Å². The Balaban J connectivity index is 2.13. The van der Waals surface area contributed by atoms with E-state index in [1.807, 2.05) is 6.20 Å². The Bertz CT molecular complexity index is 381. The molecule has 2 nitrogen and oxygen atoms in total. The third kappa shape index (κ3) is 3.79. The molecule has 0 aliphatic heterocycles. The van der Waals surface area contributed by atoms with Gasteiger partial charge in [0.05, 0.1) is 0 Å². The average molecular weight is 260 g/mol. The largest absolute Gasteiger partial charge is 0.310 e. The molecule has 0 saturated heterocycles. The van der Waals surface area contributed by atoms with Gasteiger partial charge >= 0.3 is 0 Å². The van der Waals surface area contributed by atoms with Crippen LogP contribution in [0.3, 0.4) is 0 Å². The number of aryl methyl sites for hydroxylation is 1. The molecule has 1 heterocycles. The van der Waals surface area contributed by atoms with E-state index in [1.165, 1.54) is 43.4 Å². The van der Waals surface area contributed by atoms with Gasteiger partial charge < -0.3 is 5.32 Å². The zero-order valence-electron chi connectivity index (χ0n) is 12.7. The van der Waals surface area contributed by atoms with Crippen LogP contribution in [0.5, 0.6) is 0 Å². The summed E-state index contributed by atoms with van der Waals surface area (Å²) in [5.41, 5.74) is 2.60. The van der Waals surface area contributed by atoms with Gasteiger partial charge in [-0.25, -0.2) is 0 Å². The smallest absolute Gasteiger partial charge is 0.0420 e. The van der Waals surface area contributed by atoms with Crippen molar-refractivity contribution in [3.63, 3.8) is 0 Å². The second-order valence-corrected chi connectivity index (χ2v) is 6.13. The molecule has 0 bridgehead atoms. The molecule has 19 heavy (non-hydrogen) atoms. The molecule has 0 spiro atoms. The maximum absolute atomic E-state index is 4.48. The van der Waals surface area contributed by atoms with Crippen LogP contribution in [-0.4, -0.2) is 11.5 Å². The van der Waals surface area contributed by atoms with Crippen LogP contribution in [0.25, 0.3) is 0 Å². The summed E-state index contributed by atoms with van der Waals surface area (Å²) in [6.45, 7) is 7.87. The Morgan fingerprint density at radius 2 is 2.05 bits per heavy atom. The number of aromatic nitrogens is 1. The maximum Gasteiger partial charge on any atom is 0.0420 e. The summed E-state index contributed by atoms with van der Waals surface area (Å²) >= 11 is 0. The fraction of sp³-hybridized carbons (Fsp3) is 0.706. The zero-order valence-corrected chi connectivity index (χ0v) is 12.7. The minimum atomic E-state index is 0.501.